The van der Waals surface area contributed by atoms with E-state index >= 15 is 0 Å². The first kappa shape index (κ1) is 20.4. The summed E-state index contributed by atoms with van der Waals surface area (Å²) in [4.78, 5) is 28.1. The van der Waals surface area contributed by atoms with E-state index in [9.17, 15) is 22.8 Å². The number of hydrogen-bond donors (Lipinski definition) is 1. The van der Waals surface area contributed by atoms with E-state index in [0.29, 0.717) is 12.4 Å². The maximum atomic E-state index is 13.2. The Labute approximate surface area is 163 Å². The second-order valence-electron chi connectivity index (χ2n) is 6.19. The predicted molar refractivity (Wildman–Crippen MR) is 100 cm³/mol. The van der Waals surface area contributed by atoms with Gasteiger partial charge in [-0.25, -0.2) is 4.98 Å². The fraction of sp³-hybridized carbons (Fsp3) is 0.250. The number of amides is 1. The lowest BCUT2D eigenvalue weighted by atomic mass is 10.2. The molecule has 0 unspecified atom stereocenters. The molecule has 0 aliphatic heterocycles. The van der Waals surface area contributed by atoms with E-state index in [1.165, 1.54) is 18.2 Å². The Morgan fingerprint density at radius 2 is 1.83 bits per heavy atom. The Hall–Kier alpha value is -3.36. The summed E-state index contributed by atoms with van der Waals surface area (Å²) < 4.78 is 45.6. The molecule has 3 rings (SSSR count). The number of halogens is 3. The largest absolute Gasteiger partial charge is 0.494 e. The van der Waals surface area contributed by atoms with Crippen molar-refractivity contribution in [1.82, 2.24) is 14.9 Å². The minimum Gasteiger partial charge on any atom is -0.494 e. The van der Waals surface area contributed by atoms with Gasteiger partial charge in [0.1, 0.15) is 12.3 Å². The van der Waals surface area contributed by atoms with E-state index in [1.807, 2.05) is 6.92 Å². The molecule has 152 valence electrons. The first-order valence-electron chi connectivity index (χ1n) is 8.85. The average Bonchev–Trinajstić information content (AvgIpc) is 2.69. The van der Waals surface area contributed by atoms with Crippen LogP contribution in [0.25, 0.3) is 11.0 Å². The van der Waals surface area contributed by atoms with Crippen molar-refractivity contribution >= 4 is 16.9 Å². The summed E-state index contributed by atoms with van der Waals surface area (Å²) >= 11 is 0. The fourth-order valence-corrected chi connectivity index (χ4v) is 2.80. The van der Waals surface area contributed by atoms with Gasteiger partial charge in [0, 0.05) is 6.54 Å². The summed E-state index contributed by atoms with van der Waals surface area (Å²) in [5, 5.41) is 2.61. The SMILES string of the molecule is CCOc1ccc(CNC(=O)Cn2c(=O)c(C(F)(F)F)nc3ccccc32)cc1. The molecule has 1 heterocycles. The van der Waals surface area contributed by atoms with Crippen LogP contribution in [0.3, 0.4) is 0 Å². The standard InChI is InChI=1S/C20H18F3N3O3/c1-2-29-14-9-7-13(8-10-14)11-24-17(27)12-26-16-6-4-3-5-15(16)25-18(19(26)28)20(21,22)23/h3-10H,2,11-12H2,1H3,(H,24,27). The monoisotopic (exact) mass is 405 g/mol. The third-order valence-electron chi connectivity index (χ3n) is 4.15. The lowest BCUT2D eigenvalue weighted by Gasteiger charge is -2.14. The molecule has 1 amide bonds. The summed E-state index contributed by atoms with van der Waals surface area (Å²) in [6.45, 7) is 2.00. The van der Waals surface area contributed by atoms with Gasteiger partial charge < -0.3 is 10.1 Å². The highest BCUT2D eigenvalue weighted by molar-refractivity contribution is 5.80. The first-order valence-corrected chi connectivity index (χ1v) is 8.85. The van der Waals surface area contributed by atoms with E-state index < -0.39 is 29.9 Å². The van der Waals surface area contributed by atoms with Gasteiger partial charge in [0.05, 0.1) is 17.6 Å². The van der Waals surface area contributed by atoms with Crippen molar-refractivity contribution in [3.05, 3.63) is 70.1 Å². The van der Waals surface area contributed by atoms with Gasteiger partial charge in [-0.15, -0.1) is 0 Å². The molecule has 0 fully saturated rings. The van der Waals surface area contributed by atoms with Gasteiger partial charge in [-0.3, -0.25) is 14.2 Å². The molecule has 9 heteroatoms. The maximum absolute atomic E-state index is 13.2. The molecule has 3 aromatic rings. The highest BCUT2D eigenvalue weighted by Gasteiger charge is 2.37. The molecule has 1 N–H and O–H groups in total. The molecular formula is C20H18F3N3O3. The third kappa shape index (κ3) is 4.74. The molecule has 0 saturated heterocycles. The lowest BCUT2D eigenvalue weighted by Crippen LogP contribution is -2.36. The van der Waals surface area contributed by atoms with Crippen LogP contribution < -0.4 is 15.6 Å². The Kier molecular flexibility index (Phi) is 5.86. The minimum absolute atomic E-state index is 0.0151. The Morgan fingerprint density at radius 3 is 2.48 bits per heavy atom. The number of hydrogen-bond acceptors (Lipinski definition) is 4. The molecule has 0 saturated carbocycles. The van der Waals surface area contributed by atoms with Crippen LogP contribution in [-0.2, 0) is 24.1 Å². The summed E-state index contributed by atoms with van der Waals surface area (Å²) in [5.74, 6) is 0.0996. The molecule has 2 aromatic carbocycles. The Balaban J connectivity index is 1.81. The highest BCUT2D eigenvalue weighted by Crippen LogP contribution is 2.26. The van der Waals surface area contributed by atoms with Gasteiger partial charge in [0.2, 0.25) is 11.6 Å². The summed E-state index contributed by atoms with van der Waals surface area (Å²) in [7, 11) is 0. The number of nitrogens with zero attached hydrogens (tertiary/aromatic N) is 2. The molecule has 0 spiro atoms. The smallest absolute Gasteiger partial charge is 0.438 e. The van der Waals surface area contributed by atoms with Crippen molar-refractivity contribution in [3.8, 4) is 5.75 Å². The number of rotatable bonds is 6. The van der Waals surface area contributed by atoms with Crippen molar-refractivity contribution in [2.45, 2.75) is 26.2 Å². The van der Waals surface area contributed by atoms with Gasteiger partial charge in [-0.1, -0.05) is 24.3 Å². The molecule has 0 aliphatic carbocycles. The number of alkyl halides is 3. The zero-order valence-electron chi connectivity index (χ0n) is 15.5. The number of nitrogens with one attached hydrogen (secondary N) is 1. The first-order chi connectivity index (χ1) is 13.8. The van der Waals surface area contributed by atoms with Crippen molar-refractivity contribution in [2.24, 2.45) is 0 Å². The van der Waals surface area contributed by atoms with E-state index in [1.54, 1.807) is 30.3 Å². The number of ether oxygens (including phenoxy) is 1. The molecule has 1 aromatic heterocycles. The summed E-state index contributed by atoms with van der Waals surface area (Å²) in [6.07, 6.45) is -4.92. The number of para-hydroxylation sites is 2. The predicted octanol–water partition coefficient (Wildman–Crippen LogP) is 3.13. The van der Waals surface area contributed by atoms with Gasteiger partial charge in [-0.2, -0.15) is 13.2 Å². The van der Waals surface area contributed by atoms with Crippen LogP contribution >= 0.6 is 0 Å². The van der Waals surface area contributed by atoms with E-state index in [0.717, 1.165) is 10.1 Å². The van der Waals surface area contributed by atoms with Crippen LogP contribution in [0.1, 0.15) is 18.2 Å². The van der Waals surface area contributed by atoms with Gasteiger partial charge in [0.25, 0.3) is 5.56 Å². The molecule has 29 heavy (non-hydrogen) atoms. The number of carbonyl (C=O) groups is 1. The van der Waals surface area contributed by atoms with E-state index in [4.69, 9.17) is 4.74 Å². The normalized spacial score (nSPS) is 11.4. The van der Waals surface area contributed by atoms with Crippen LogP contribution in [0.15, 0.2) is 53.3 Å². The lowest BCUT2D eigenvalue weighted by molar-refractivity contribution is -0.142. The average molecular weight is 405 g/mol. The van der Waals surface area contributed by atoms with Gasteiger partial charge in [0.15, 0.2) is 0 Å². The quantitative estimate of drug-likeness (QED) is 0.684. The van der Waals surface area contributed by atoms with Crippen LogP contribution in [0, 0.1) is 0 Å². The van der Waals surface area contributed by atoms with Crippen LogP contribution in [0.4, 0.5) is 13.2 Å². The van der Waals surface area contributed by atoms with E-state index in [2.05, 4.69) is 10.3 Å². The van der Waals surface area contributed by atoms with Gasteiger partial charge >= 0.3 is 6.18 Å². The van der Waals surface area contributed by atoms with E-state index in [-0.39, 0.29) is 17.6 Å². The number of aromatic nitrogens is 2. The third-order valence-corrected chi connectivity index (χ3v) is 4.15. The summed E-state index contributed by atoms with van der Waals surface area (Å²) in [6, 6.07) is 12.9. The van der Waals surface area contributed by atoms with Crippen LogP contribution in [0.2, 0.25) is 0 Å². The number of benzene rings is 2. The van der Waals surface area contributed by atoms with Crippen molar-refractivity contribution in [3.63, 3.8) is 0 Å². The second kappa shape index (κ2) is 8.34. The Morgan fingerprint density at radius 1 is 1.14 bits per heavy atom. The van der Waals surface area contributed by atoms with Crippen molar-refractivity contribution in [2.75, 3.05) is 6.61 Å². The molecule has 0 aliphatic rings. The molecule has 0 bridgehead atoms. The van der Waals surface area contributed by atoms with Crippen LogP contribution in [-0.4, -0.2) is 22.1 Å². The molecular weight excluding hydrogens is 387 g/mol. The van der Waals surface area contributed by atoms with Gasteiger partial charge in [-0.05, 0) is 36.8 Å². The zero-order chi connectivity index (χ0) is 21.0. The Bertz CT molecular complexity index is 1080. The topological polar surface area (TPSA) is 73.2 Å². The molecule has 6 nitrogen and oxygen atoms in total. The minimum atomic E-state index is -4.92. The number of fused-ring (bicyclic) bond motifs is 1. The maximum Gasteiger partial charge on any atom is 0.438 e. The zero-order valence-corrected chi connectivity index (χ0v) is 15.5. The molecule has 0 atom stereocenters. The van der Waals surface area contributed by atoms with Crippen molar-refractivity contribution < 1.29 is 22.7 Å². The number of carbonyl (C=O) groups excluding carboxylic acids is 1. The molecule has 0 radical (unpaired) electrons. The second-order valence-corrected chi connectivity index (χ2v) is 6.19. The highest BCUT2D eigenvalue weighted by atomic mass is 19.4. The van der Waals surface area contributed by atoms with Crippen LogP contribution in [0.5, 0.6) is 5.75 Å². The van der Waals surface area contributed by atoms with Crippen molar-refractivity contribution in [1.29, 1.82) is 0 Å². The fourth-order valence-electron chi connectivity index (χ4n) is 2.80. The summed E-state index contributed by atoms with van der Waals surface area (Å²) in [5.41, 5.74) is -1.98.